The number of aromatic nitrogens is 2. The van der Waals surface area contributed by atoms with E-state index in [-0.39, 0.29) is 29.7 Å². The lowest BCUT2D eigenvalue weighted by atomic mass is 10.2. The summed E-state index contributed by atoms with van der Waals surface area (Å²) in [6.07, 6.45) is 3.42. The molecule has 28 heavy (non-hydrogen) atoms. The monoisotopic (exact) mass is 506 g/mol. The maximum atomic E-state index is 13.3. The highest BCUT2D eigenvalue weighted by Crippen LogP contribution is 2.29. The first kappa shape index (κ1) is 23.1. The number of hydrogen-bond acceptors (Lipinski definition) is 5. The van der Waals surface area contributed by atoms with Gasteiger partial charge in [-0.15, -0.1) is 24.8 Å². The van der Waals surface area contributed by atoms with Crippen molar-refractivity contribution in [2.24, 2.45) is 0 Å². The summed E-state index contributed by atoms with van der Waals surface area (Å²) in [7, 11) is -3.72. The zero-order valence-electron chi connectivity index (χ0n) is 14.9. The van der Waals surface area contributed by atoms with E-state index in [1.54, 1.807) is 48.8 Å². The zero-order valence-corrected chi connectivity index (χ0v) is 19.0. The number of rotatable bonds is 4. The molecule has 1 saturated heterocycles. The molecule has 0 unspecified atom stereocenters. The van der Waals surface area contributed by atoms with Crippen LogP contribution in [0.15, 0.2) is 58.2 Å². The van der Waals surface area contributed by atoms with E-state index in [9.17, 15) is 8.42 Å². The number of nitrogens with one attached hydrogen (secondary N) is 1. The first-order valence-corrected chi connectivity index (χ1v) is 10.7. The van der Waals surface area contributed by atoms with Crippen LogP contribution in [0.1, 0.15) is 5.56 Å². The average Bonchev–Trinajstić information content (AvgIpc) is 3.02. The fraction of sp³-hybridized carbons (Fsp3) is 0.278. The topological polar surface area (TPSA) is 67.2 Å². The van der Waals surface area contributed by atoms with E-state index in [0.29, 0.717) is 16.5 Å². The molecular formula is C18H21BrCl2N4O2S. The summed E-state index contributed by atoms with van der Waals surface area (Å²) in [6, 6.07) is 10.4. The van der Waals surface area contributed by atoms with E-state index in [1.165, 1.54) is 3.97 Å². The minimum absolute atomic E-state index is 0. The van der Waals surface area contributed by atoms with Gasteiger partial charge in [0, 0.05) is 55.2 Å². The molecule has 3 heterocycles. The Labute approximate surface area is 185 Å². The van der Waals surface area contributed by atoms with Gasteiger partial charge in [-0.2, -0.15) is 0 Å². The van der Waals surface area contributed by atoms with Crippen molar-refractivity contribution in [1.29, 1.82) is 0 Å². The molecule has 6 nitrogen and oxygen atoms in total. The van der Waals surface area contributed by atoms with Crippen LogP contribution in [-0.4, -0.2) is 48.5 Å². The van der Waals surface area contributed by atoms with Crippen LogP contribution in [0.2, 0.25) is 0 Å². The van der Waals surface area contributed by atoms with Crippen LogP contribution in [0.4, 0.5) is 0 Å². The third kappa shape index (κ3) is 4.37. The summed E-state index contributed by atoms with van der Waals surface area (Å²) < 4.78 is 28.4. The number of pyridine rings is 1. The van der Waals surface area contributed by atoms with Gasteiger partial charge in [-0.1, -0.05) is 12.1 Å². The van der Waals surface area contributed by atoms with Crippen LogP contribution >= 0.6 is 40.7 Å². The fourth-order valence-corrected chi connectivity index (χ4v) is 5.63. The maximum absolute atomic E-state index is 13.3. The van der Waals surface area contributed by atoms with Crippen LogP contribution in [0.5, 0.6) is 0 Å². The average molecular weight is 508 g/mol. The van der Waals surface area contributed by atoms with Gasteiger partial charge in [-0.05, 0) is 40.2 Å². The molecule has 3 aromatic rings. The van der Waals surface area contributed by atoms with Gasteiger partial charge in [0.1, 0.15) is 4.90 Å². The van der Waals surface area contributed by atoms with Gasteiger partial charge < -0.3 is 5.32 Å². The minimum Gasteiger partial charge on any atom is -0.314 e. The molecule has 0 bridgehead atoms. The Morgan fingerprint density at radius 3 is 2.50 bits per heavy atom. The highest BCUT2D eigenvalue weighted by atomic mass is 79.9. The number of halogens is 3. The molecule has 0 aliphatic carbocycles. The third-order valence-electron chi connectivity index (χ3n) is 4.58. The molecular weight excluding hydrogens is 487 g/mol. The summed E-state index contributed by atoms with van der Waals surface area (Å²) in [5.41, 5.74) is 2.27. The number of hydrogen-bond donors (Lipinski definition) is 1. The van der Waals surface area contributed by atoms with Crippen molar-refractivity contribution >= 4 is 61.8 Å². The maximum Gasteiger partial charge on any atom is 0.269 e. The van der Waals surface area contributed by atoms with Crippen molar-refractivity contribution in [3.63, 3.8) is 0 Å². The number of nitrogens with zero attached hydrogens (tertiary/aromatic N) is 3. The normalized spacial score (nSPS) is 15.0. The molecule has 1 aromatic carbocycles. The Morgan fingerprint density at radius 1 is 1.07 bits per heavy atom. The predicted octanol–water partition coefficient (Wildman–Crippen LogP) is 3.28. The Hall–Kier alpha value is -1.16. The van der Waals surface area contributed by atoms with Crippen LogP contribution < -0.4 is 5.32 Å². The van der Waals surface area contributed by atoms with Crippen LogP contribution in [0.25, 0.3) is 11.0 Å². The lowest BCUT2D eigenvalue weighted by Crippen LogP contribution is -2.42. The smallest absolute Gasteiger partial charge is 0.269 e. The van der Waals surface area contributed by atoms with E-state index in [2.05, 4.69) is 31.1 Å². The van der Waals surface area contributed by atoms with Gasteiger partial charge in [0.15, 0.2) is 0 Å². The first-order chi connectivity index (χ1) is 12.6. The highest BCUT2D eigenvalue weighted by molar-refractivity contribution is 9.10. The summed E-state index contributed by atoms with van der Waals surface area (Å²) in [4.78, 5) is 7.02. The summed E-state index contributed by atoms with van der Waals surface area (Å²) in [5.74, 6) is 0. The van der Waals surface area contributed by atoms with Crippen molar-refractivity contribution in [2.75, 3.05) is 26.2 Å². The molecule has 0 saturated carbocycles. The molecule has 10 heteroatoms. The lowest BCUT2D eigenvalue weighted by molar-refractivity contribution is 0.234. The van der Waals surface area contributed by atoms with Crippen molar-refractivity contribution in [1.82, 2.24) is 19.2 Å². The third-order valence-corrected chi connectivity index (χ3v) is 7.26. The van der Waals surface area contributed by atoms with Crippen LogP contribution in [0.3, 0.4) is 0 Å². The molecule has 1 aliphatic rings. The number of benzene rings is 1. The molecule has 1 fully saturated rings. The van der Waals surface area contributed by atoms with Crippen LogP contribution in [-0.2, 0) is 16.6 Å². The van der Waals surface area contributed by atoms with Crippen molar-refractivity contribution in [2.45, 2.75) is 11.4 Å². The molecule has 1 N–H and O–H groups in total. The standard InChI is InChI=1S/C18H19BrN4O2S.2ClH/c19-15-4-1-2-6-17(15)26(24,25)23-13-14(12-22-10-8-20-9-11-22)18-16(23)5-3-7-21-18;;/h1-7,13,20H,8-12H2;2*1H. The van der Waals surface area contributed by atoms with Crippen LogP contribution in [0, 0.1) is 0 Å². The lowest BCUT2D eigenvalue weighted by Gasteiger charge is -2.26. The van der Waals surface area contributed by atoms with E-state index >= 15 is 0 Å². The van der Waals surface area contributed by atoms with E-state index < -0.39 is 10.0 Å². The largest absolute Gasteiger partial charge is 0.314 e. The highest BCUT2D eigenvalue weighted by Gasteiger charge is 2.24. The molecule has 1 aliphatic heterocycles. The van der Waals surface area contributed by atoms with E-state index in [4.69, 9.17) is 0 Å². The molecule has 0 radical (unpaired) electrons. The second-order valence-corrected chi connectivity index (χ2v) is 8.92. The Kier molecular flexibility index (Phi) is 7.89. The fourth-order valence-electron chi connectivity index (χ4n) is 3.28. The zero-order chi connectivity index (χ0) is 18.1. The predicted molar refractivity (Wildman–Crippen MR) is 119 cm³/mol. The molecule has 152 valence electrons. The van der Waals surface area contributed by atoms with Crippen molar-refractivity contribution in [3.8, 4) is 0 Å². The quantitative estimate of drug-likeness (QED) is 0.586. The van der Waals surface area contributed by atoms with Gasteiger partial charge in [0.25, 0.3) is 10.0 Å². The van der Waals surface area contributed by atoms with E-state index in [1.807, 2.05) is 0 Å². The second kappa shape index (κ2) is 9.56. The Balaban J connectivity index is 0.00000140. The SMILES string of the molecule is Cl.Cl.O=S(=O)(c1ccccc1Br)n1cc(CN2CCNCC2)c2ncccc21. The summed E-state index contributed by atoms with van der Waals surface area (Å²) in [6.45, 7) is 4.46. The number of piperazine rings is 1. The number of fused-ring (bicyclic) bond motifs is 1. The van der Waals surface area contributed by atoms with Gasteiger partial charge in [-0.3, -0.25) is 9.88 Å². The van der Waals surface area contributed by atoms with Gasteiger partial charge in [0.05, 0.1) is 11.0 Å². The minimum atomic E-state index is -3.72. The van der Waals surface area contributed by atoms with Crippen molar-refractivity contribution < 1.29 is 8.42 Å². The Morgan fingerprint density at radius 2 is 1.79 bits per heavy atom. The molecule has 0 atom stereocenters. The van der Waals surface area contributed by atoms with Crippen molar-refractivity contribution in [3.05, 3.63) is 58.8 Å². The molecule has 4 rings (SSSR count). The summed E-state index contributed by atoms with van der Waals surface area (Å²) >= 11 is 3.36. The molecule has 0 spiro atoms. The summed E-state index contributed by atoms with van der Waals surface area (Å²) in [5, 5.41) is 3.33. The van der Waals surface area contributed by atoms with E-state index in [0.717, 1.165) is 37.3 Å². The first-order valence-electron chi connectivity index (χ1n) is 8.45. The van der Waals surface area contributed by atoms with Gasteiger partial charge in [-0.25, -0.2) is 12.4 Å². The second-order valence-electron chi connectivity index (χ2n) is 6.28. The molecule has 2 aromatic heterocycles. The molecule has 0 amide bonds. The van der Waals surface area contributed by atoms with Gasteiger partial charge >= 0.3 is 0 Å². The Bertz CT molecular complexity index is 1050. The van der Waals surface area contributed by atoms with Gasteiger partial charge in [0.2, 0.25) is 0 Å².